The summed E-state index contributed by atoms with van der Waals surface area (Å²) in [4.78, 5) is 5.96. The van der Waals surface area contributed by atoms with E-state index in [2.05, 4.69) is 9.38 Å². The highest BCUT2D eigenvalue weighted by molar-refractivity contribution is 7.90. The van der Waals surface area contributed by atoms with E-state index >= 15 is 0 Å². The lowest BCUT2D eigenvalue weighted by molar-refractivity contribution is 0.597. The summed E-state index contributed by atoms with van der Waals surface area (Å²) in [6, 6.07) is 10.1. The van der Waals surface area contributed by atoms with Crippen molar-refractivity contribution in [2.24, 2.45) is 4.40 Å². The van der Waals surface area contributed by atoms with E-state index in [9.17, 15) is 8.42 Å². The molecular weight excluding hydrogens is 298 g/mol. The standard InChI is InChI=1S/C13H10ClN3O2S/c1-9-16-20(18,19)12-3-2-8-15-13(12)17(9)11-6-4-10(14)5-7-11/h2-8H,1H3. The molecule has 102 valence electrons. The number of nitrogens with zero attached hydrogens (tertiary/aromatic N) is 3. The van der Waals surface area contributed by atoms with Gasteiger partial charge in [0.15, 0.2) is 5.82 Å². The van der Waals surface area contributed by atoms with Gasteiger partial charge in [0.2, 0.25) is 0 Å². The molecule has 0 fully saturated rings. The second-order valence-corrected chi connectivity index (χ2v) is 6.26. The van der Waals surface area contributed by atoms with Crippen molar-refractivity contribution in [1.29, 1.82) is 0 Å². The van der Waals surface area contributed by atoms with E-state index in [1.54, 1.807) is 48.4 Å². The minimum absolute atomic E-state index is 0.0977. The van der Waals surface area contributed by atoms with E-state index < -0.39 is 10.0 Å². The highest BCUT2D eigenvalue weighted by Crippen LogP contribution is 2.34. The quantitative estimate of drug-likeness (QED) is 0.812. The molecule has 0 spiro atoms. The van der Waals surface area contributed by atoms with Gasteiger partial charge >= 0.3 is 0 Å². The third-order valence-electron chi connectivity index (χ3n) is 2.90. The molecular formula is C13H10ClN3O2S. The summed E-state index contributed by atoms with van der Waals surface area (Å²) in [5.41, 5.74) is 0.755. The number of hydrogen-bond acceptors (Lipinski definition) is 4. The summed E-state index contributed by atoms with van der Waals surface area (Å²) in [7, 11) is -3.68. The number of rotatable bonds is 1. The molecule has 0 N–H and O–H groups in total. The molecule has 0 unspecified atom stereocenters. The van der Waals surface area contributed by atoms with Crippen molar-refractivity contribution in [2.75, 3.05) is 4.90 Å². The highest BCUT2D eigenvalue weighted by atomic mass is 35.5. The first-order chi connectivity index (χ1) is 9.49. The molecule has 0 bridgehead atoms. The number of benzene rings is 1. The fraction of sp³-hybridized carbons (Fsp3) is 0.0769. The number of amidine groups is 1. The zero-order valence-corrected chi connectivity index (χ0v) is 12.1. The predicted molar refractivity (Wildman–Crippen MR) is 78.1 cm³/mol. The third kappa shape index (κ3) is 2.07. The van der Waals surface area contributed by atoms with Crippen LogP contribution in [0, 0.1) is 0 Å². The van der Waals surface area contributed by atoms with Gasteiger partial charge in [0, 0.05) is 16.9 Å². The van der Waals surface area contributed by atoms with Crippen LogP contribution in [0.15, 0.2) is 51.9 Å². The van der Waals surface area contributed by atoms with Crippen molar-refractivity contribution in [3.05, 3.63) is 47.6 Å². The molecule has 20 heavy (non-hydrogen) atoms. The lowest BCUT2D eigenvalue weighted by atomic mass is 10.2. The Balaban J connectivity index is 2.24. The number of halogens is 1. The minimum Gasteiger partial charge on any atom is -0.281 e. The monoisotopic (exact) mass is 307 g/mol. The van der Waals surface area contributed by atoms with Crippen molar-refractivity contribution < 1.29 is 8.42 Å². The summed E-state index contributed by atoms with van der Waals surface area (Å²) in [5, 5.41) is 0.606. The summed E-state index contributed by atoms with van der Waals surface area (Å²) >= 11 is 5.87. The Morgan fingerprint density at radius 2 is 1.85 bits per heavy atom. The Hall–Kier alpha value is -1.92. The van der Waals surface area contributed by atoms with E-state index in [4.69, 9.17) is 11.6 Å². The van der Waals surface area contributed by atoms with Gasteiger partial charge in [-0.3, -0.25) is 4.90 Å². The second-order valence-electron chi connectivity index (χ2n) is 4.25. The van der Waals surface area contributed by atoms with Crippen molar-refractivity contribution in [3.63, 3.8) is 0 Å². The van der Waals surface area contributed by atoms with E-state index in [0.29, 0.717) is 16.7 Å². The van der Waals surface area contributed by atoms with Gasteiger partial charge in [0.1, 0.15) is 10.7 Å². The van der Waals surface area contributed by atoms with Crippen LogP contribution in [0.25, 0.3) is 0 Å². The number of pyridine rings is 1. The number of anilines is 2. The molecule has 1 aliphatic rings. The molecule has 2 heterocycles. The minimum atomic E-state index is -3.68. The number of sulfonamides is 1. The van der Waals surface area contributed by atoms with Crippen LogP contribution in [0.3, 0.4) is 0 Å². The smallest absolute Gasteiger partial charge is 0.281 e. The highest BCUT2D eigenvalue weighted by Gasteiger charge is 2.30. The van der Waals surface area contributed by atoms with Crippen LogP contribution >= 0.6 is 11.6 Å². The molecule has 1 aliphatic heterocycles. The van der Waals surface area contributed by atoms with Crippen LogP contribution in [0.1, 0.15) is 6.92 Å². The van der Waals surface area contributed by atoms with E-state index in [1.165, 1.54) is 6.07 Å². The van der Waals surface area contributed by atoms with Crippen molar-refractivity contribution in [3.8, 4) is 0 Å². The second kappa shape index (κ2) is 4.57. The molecule has 0 amide bonds. The molecule has 7 heteroatoms. The summed E-state index contributed by atoms with van der Waals surface area (Å²) in [5.74, 6) is 0.695. The molecule has 3 rings (SSSR count). The zero-order valence-electron chi connectivity index (χ0n) is 10.5. The molecule has 0 radical (unpaired) electrons. The fourth-order valence-corrected chi connectivity index (χ4v) is 3.35. The van der Waals surface area contributed by atoms with Gasteiger partial charge in [0.25, 0.3) is 10.0 Å². The normalized spacial score (nSPS) is 16.5. The molecule has 1 aromatic heterocycles. The molecule has 0 saturated carbocycles. The van der Waals surface area contributed by atoms with Crippen LogP contribution in [0.4, 0.5) is 11.5 Å². The summed E-state index contributed by atoms with van der Waals surface area (Å²) in [6.07, 6.45) is 1.55. The molecule has 2 aromatic rings. The maximum Gasteiger partial charge on any atom is 0.287 e. The Kier molecular flexibility index (Phi) is 2.99. The van der Waals surface area contributed by atoms with E-state index in [0.717, 1.165) is 5.69 Å². The van der Waals surface area contributed by atoms with Gasteiger partial charge in [-0.1, -0.05) is 11.6 Å². The Morgan fingerprint density at radius 3 is 2.55 bits per heavy atom. The van der Waals surface area contributed by atoms with Gasteiger partial charge in [0.05, 0.1) is 0 Å². The summed E-state index contributed by atoms with van der Waals surface area (Å²) < 4.78 is 27.9. The van der Waals surface area contributed by atoms with E-state index in [1.807, 2.05) is 0 Å². The van der Waals surface area contributed by atoms with Gasteiger partial charge in [-0.25, -0.2) is 4.98 Å². The molecule has 0 atom stereocenters. The van der Waals surface area contributed by atoms with Crippen LogP contribution in [0.2, 0.25) is 5.02 Å². The van der Waals surface area contributed by atoms with Gasteiger partial charge in [-0.15, -0.1) is 4.40 Å². The first-order valence-corrected chi connectivity index (χ1v) is 7.63. The maximum absolute atomic E-state index is 12.0. The van der Waals surface area contributed by atoms with Crippen LogP contribution < -0.4 is 4.90 Å². The maximum atomic E-state index is 12.0. The molecule has 0 aliphatic carbocycles. The Morgan fingerprint density at radius 1 is 1.15 bits per heavy atom. The predicted octanol–water partition coefficient (Wildman–Crippen LogP) is 2.99. The average molecular weight is 308 g/mol. The molecule has 1 aromatic carbocycles. The van der Waals surface area contributed by atoms with E-state index in [-0.39, 0.29) is 4.90 Å². The summed E-state index contributed by atoms with van der Waals surface area (Å²) in [6.45, 7) is 1.63. The largest absolute Gasteiger partial charge is 0.287 e. The van der Waals surface area contributed by atoms with Crippen molar-refractivity contribution >= 4 is 39.0 Å². The molecule has 5 nitrogen and oxygen atoms in total. The fourth-order valence-electron chi connectivity index (χ4n) is 2.07. The Labute approximate surface area is 121 Å². The Bertz CT molecular complexity index is 801. The van der Waals surface area contributed by atoms with Crippen LogP contribution in [-0.2, 0) is 10.0 Å². The first kappa shape index (κ1) is 13.1. The van der Waals surface area contributed by atoms with Gasteiger partial charge < -0.3 is 0 Å². The number of fused-ring (bicyclic) bond motifs is 1. The van der Waals surface area contributed by atoms with Gasteiger partial charge in [-0.2, -0.15) is 8.42 Å². The molecule has 0 saturated heterocycles. The lowest BCUT2D eigenvalue weighted by Gasteiger charge is -2.27. The number of hydrogen-bond donors (Lipinski definition) is 0. The lowest BCUT2D eigenvalue weighted by Crippen LogP contribution is -2.30. The van der Waals surface area contributed by atoms with Crippen molar-refractivity contribution in [2.45, 2.75) is 11.8 Å². The SMILES string of the molecule is CC1=NS(=O)(=O)c2cccnc2N1c1ccc(Cl)cc1. The first-order valence-electron chi connectivity index (χ1n) is 5.81. The average Bonchev–Trinajstić information content (AvgIpc) is 2.40. The topological polar surface area (TPSA) is 62.6 Å². The van der Waals surface area contributed by atoms with Crippen LogP contribution in [-0.4, -0.2) is 19.2 Å². The third-order valence-corrected chi connectivity index (χ3v) is 4.53. The number of aromatic nitrogens is 1. The zero-order chi connectivity index (χ0) is 14.3. The van der Waals surface area contributed by atoms with Crippen LogP contribution in [0.5, 0.6) is 0 Å². The van der Waals surface area contributed by atoms with Gasteiger partial charge in [-0.05, 0) is 43.3 Å². The van der Waals surface area contributed by atoms with Crippen molar-refractivity contribution in [1.82, 2.24) is 4.98 Å².